The summed E-state index contributed by atoms with van der Waals surface area (Å²) in [6.07, 6.45) is 4.26. The largest absolute Gasteiger partial charge is 0.493 e. The van der Waals surface area contributed by atoms with Crippen molar-refractivity contribution >= 4 is 16.9 Å². The zero-order chi connectivity index (χ0) is 19.8. The SMILES string of the molecule is Cn1ncc2cc(C(=O)NCc3ccc(-c4ccc5c(c4)CCO5)cc3)cnc21. The van der Waals surface area contributed by atoms with Crippen molar-refractivity contribution in [2.24, 2.45) is 7.05 Å². The molecule has 1 N–H and O–H groups in total. The summed E-state index contributed by atoms with van der Waals surface area (Å²) in [6, 6.07) is 16.4. The number of nitrogens with zero attached hydrogens (tertiary/aromatic N) is 3. The summed E-state index contributed by atoms with van der Waals surface area (Å²) < 4.78 is 7.26. The maximum absolute atomic E-state index is 12.5. The van der Waals surface area contributed by atoms with Crippen molar-refractivity contribution in [2.75, 3.05) is 6.61 Å². The zero-order valence-corrected chi connectivity index (χ0v) is 16.1. The number of benzene rings is 2. The lowest BCUT2D eigenvalue weighted by Gasteiger charge is -2.08. The van der Waals surface area contributed by atoms with Gasteiger partial charge in [-0.2, -0.15) is 5.10 Å². The van der Waals surface area contributed by atoms with Gasteiger partial charge in [0.15, 0.2) is 5.65 Å². The molecule has 0 radical (unpaired) electrons. The second kappa shape index (κ2) is 7.05. The fourth-order valence-electron chi connectivity index (χ4n) is 3.63. The lowest BCUT2D eigenvalue weighted by atomic mass is 10.0. The van der Waals surface area contributed by atoms with Gasteiger partial charge in [0.05, 0.1) is 18.4 Å². The molecule has 1 aliphatic heterocycles. The van der Waals surface area contributed by atoms with Gasteiger partial charge >= 0.3 is 0 Å². The number of fused-ring (bicyclic) bond motifs is 2. The zero-order valence-electron chi connectivity index (χ0n) is 16.1. The van der Waals surface area contributed by atoms with Crippen LogP contribution in [0.1, 0.15) is 21.5 Å². The van der Waals surface area contributed by atoms with Crippen LogP contribution in [0.25, 0.3) is 22.2 Å². The minimum absolute atomic E-state index is 0.147. The van der Waals surface area contributed by atoms with E-state index in [2.05, 4.69) is 39.7 Å². The molecule has 6 heteroatoms. The normalized spacial score (nSPS) is 12.6. The molecule has 0 atom stereocenters. The van der Waals surface area contributed by atoms with Crippen LogP contribution in [0.4, 0.5) is 0 Å². The molecule has 4 aromatic rings. The van der Waals surface area contributed by atoms with E-state index in [4.69, 9.17) is 4.74 Å². The van der Waals surface area contributed by atoms with E-state index in [0.717, 1.165) is 40.9 Å². The van der Waals surface area contributed by atoms with Crippen LogP contribution >= 0.6 is 0 Å². The van der Waals surface area contributed by atoms with E-state index in [9.17, 15) is 4.79 Å². The van der Waals surface area contributed by atoms with Gasteiger partial charge in [-0.15, -0.1) is 0 Å². The quantitative estimate of drug-likeness (QED) is 0.585. The van der Waals surface area contributed by atoms with Gasteiger partial charge in [-0.1, -0.05) is 30.3 Å². The van der Waals surface area contributed by atoms with Crippen LogP contribution in [0.15, 0.2) is 60.9 Å². The molecule has 144 valence electrons. The van der Waals surface area contributed by atoms with Crippen molar-refractivity contribution in [3.63, 3.8) is 0 Å². The van der Waals surface area contributed by atoms with Crippen LogP contribution in [-0.4, -0.2) is 27.3 Å². The summed E-state index contributed by atoms with van der Waals surface area (Å²) in [5.41, 5.74) is 5.93. The first kappa shape index (κ1) is 17.4. The number of aryl methyl sites for hydroxylation is 1. The minimum Gasteiger partial charge on any atom is -0.493 e. The highest BCUT2D eigenvalue weighted by Gasteiger charge is 2.13. The number of aromatic nitrogens is 3. The van der Waals surface area contributed by atoms with E-state index in [1.807, 2.05) is 31.3 Å². The van der Waals surface area contributed by atoms with Gasteiger partial charge in [-0.25, -0.2) is 4.98 Å². The van der Waals surface area contributed by atoms with Gasteiger partial charge < -0.3 is 10.1 Å². The van der Waals surface area contributed by atoms with Crippen LogP contribution in [0.3, 0.4) is 0 Å². The molecule has 1 amide bonds. The first-order valence-corrected chi connectivity index (χ1v) is 9.58. The number of pyridine rings is 1. The Morgan fingerprint density at radius 1 is 1.10 bits per heavy atom. The average Bonchev–Trinajstić information content (AvgIpc) is 3.38. The Morgan fingerprint density at radius 3 is 2.79 bits per heavy atom. The second-order valence-electron chi connectivity index (χ2n) is 7.21. The molecule has 3 heterocycles. The van der Waals surface area contributed by atoms with Crippen molar-refractivity contribution in [3.8, 4) is 16.9 Å². The summed E-state index contributed by atoms with van der Waals surface area (Å²) in [5, 5.41) is 7.97. The molecule has 0 bridgehead atoms. The summed E-state index contributed by atoms with van der Waals surface area (Å²) >= 11 is 0. The molecule has 0 spiro atoms. The molecule has 0 fully saturated rings. The maximum Gasteiger partial charge on any atom is 0.253 e. The van der Waals surface area contributed by atoms with Gasteiger partial charge in [0, 0.05) is 31.6 Å². The number of ether oxygens (including phenoxy) is 1. The van der Waals surface area contributed by atoms with Gasteiger partial charge in [-0.3, -0.25) is 9.48 Å². The topological polar surface area (TPSA) is 69.0 Å². The van der Waals surface area contributed by atoms with Gasteiger partial charge in [0.2, 0.25) is 0 Å². The average molecular weight is 384 g/mol. The third kappa shape index (κ3) is 3.33. The molecule has 0 aliphatic carbocycles. The first-order chi connectivity index (χ1) is 14.2. The van der Waals surface area contributed by atoms with Crippen molar-refractivity contribution in [3.05, 3.63) is 77.6 Å². The number of hydrogen-bond acceptors (Lipinski definition) is 4. The third-order valence-electron chi connectivity index (χ3n) is 5.26. The summed E-state index contributed by atoms with van der Waals surface area (Å²) in [4.78, 5) is 16.8. The molecular weight excluding hydrogens is 364 g/mol. The molecule has 0 saturated heterocycles. The summed E-state index contributed by atoms with van der Waals surface area (Å²) in [7, 11) is 1.83. The molecule has 6 nitrogen and oxygen atoms in total. The molecule has 2 aromatic heterocycles. The van der Waals surface area contributed by atoms with Gasteiger partial charge in [0.1, 0.15) is 5.75 Å². The second-order valence-corrected chi connectivity index (χ2v) is 7.21. The van der Waals surface area contributed by atoms with E-state index < -0.39 is 0 Å². The highest BCUT2D eigenvalue weighted by Crippen LogP contribution is 2.30. The molecule has 5 rings (SSSR count). The monoisotopic (exact) mass is 384 g/mol. The Bertz CT molecular complexity index is 1210. The number of amides is 1. The van der Waals surface area contributed by atoms with Crippen LogP contribution in [-0.2, 0) is 20.0 Å². The van der Waals surface area contributed by atoms with Gasteiger partial charge in [0.25, 0.3) is 5.91 Å². The molecule has 2 aromatic carbocycles. The third-order valence-corrected chi connectivity index (χ3v) is 5.26. The standard InChI is InChI=1S/C23H20N4O2/c1-27-22-19(14-26-27)11-20(13-24-22)23(28)25-12-15-2-4-16(5-3-15)17-6-7-21-18(10-17)8-9-29-21/h2-7,10-11,13-14H,8-9,12H2,1H3,(H,25,28). The molecule has 0 saturated carbocycles. The fraction of sp³-hybridized carbons (Fsp3) is 0.174. The van der Waals surface area contributed by atoms with Crippen molar-refractivity contribution in [2.45, 2.75) is 13.0 Å². The van der Waals surface area contributed by atoms with E-state index in [1.54, 1.807) is 17.1 Å². The van der Waals surface area contributed by atoms with E-state index in [0.29, 0.717) is 12.1 Å². The molecule has 0 unspecified atom stereocenters. The Kier molecular flexibility index (Phi) is 4.24. The van der Waals surface area contributed by atoms with Crippen molar-refractivity contribution < 1.29 is 9.53 Å². The number of carbonyl (C=O) groups excluding carboxylic acids is 1. The smallest absolute Gasteiger partial charge is 0.253 e. The summed E-state index contributed by atoms with van der Waals surface area (Å²) in [5.74, 6) is 0.845. The van der Waals surface area contributed by atoms with E-state index >= 15 is 0 Å². The Balaban J connectivity index is 1.26. The number of carbonyl (C=O) groups is 1. The lowest BCUT2D eigenvalue weighted by molar-refractivity contribution is 0.0950. The van der Waals surface area contributed by atoms with Crippen molar-refractivity contribution in [1.29, 1.82) is 0 Å². The van der Waals surface area contributed by atoms with E-state index in [1.165, 1.54) is 11.1 Å². The Morgan fingerprint density at radius 2 is 1.93 bits per heavy atom. The van der Waals surface area contributed by atoms with Gasteiger partial charge in [-0.05, 0) is 40.5 Å². The molecule has 29 heavy (non-hydrogen) atoms. The first-order valence-electron chi connectivity index (χ1n) is 9.58. The summed E-state index contributed by atoms with van der Waals surface area (Å²) in [6.45, 7) is 1.23. The highest BCUT2D eigenvalue weighted by atomic mass is 16.5. The van der Waals surface area contributed by atoms with Crippen LogP contribution in [0.2, 0.25) is 0 Å². The van der Waals surface area contributed by atoms with Crippen molar-refractivity contribution in [1.82, 2.24) is 20.1 Å². The fourth-order valence-corrected chi connectivity index (χ4v) is 3.63. The maximum atomic E-state index is 12.5. The predicted molar refractivity (Wildman–Crippen MR) is 111 cm³/mol. The number of rotatable bonds is 4. The van der Waals surface area contributed by atoms with Crippen LogP contribution in [0.5, 0.6) is 5.75 Å². The van der Waals surface area contributed by atoms with Crippen LogP contribution in [0, 0.1) is 0 Å². The predicted octanol–water partition coefficient (Wildman–Crippen LogP) is 3.50. The Labute approximate surface area is 168 Å². The van der Waals surface area contributed by atoms with E-state index in [-0.39, 0.29) is 5.91 Å². The number of nitrogens with one attached hydrogen (secondary N) is 1. The highest BCUT2D eigenvalue weighted by molar-refractivity contribution is 5.96. The number of hydrogen-bond donors (Lipinski definition) is 1. The molecular formula is C23H20N4O2. The lowest BCUT2D eigenvalue weighted by Crippen LogP contribution is -2.22. The minimum atomic E-state index is -0.147. The van der Waals surface area contributed by atoms with Crippen LogP contribution < -0.4 is 10.1 Å². The molecule has 1 aliphatic rings. The Hall–Kier alpha value is -3.67.